The van der Waals surface area contributed by atoms with E-state index in [1.54, 1.807) is 48.2 Å². The average Bonchev–Trinajstić information content (AvgIpc) is 3.44. The number of carbonyl (C=O) groups excluding carboxylic acids is 1. The third-order valence-electron chi connectivity index (χ3n) is 8.41. The molecule has 0 aliphatic carbocycles. The number of piperazine rings is 1. The summed E-state index contributed by atoms with van der Waals surface area (Å²) in [7, 11) is -0.410. The number of ether oxygens (including phenoxy) is 1. The Labute approximate surface area is 288 Å². The van der Waals surface area contributed by atoms with E-state index in [-0.39, 0.29) is 29.5 Å². The number of hydrogen-bond acceptors (Lipinski definition) is 6. The van der Waals surface area contributed by atoms with Crippen LogP contribution in [0.25, 0.3) is 0 Å². The molecule has 0 N–H and O–H groups in total. The fraction of sp³-hybridized carbons (Fsp3) is 0.394. The van der Waals surface area contributed by atoms with Gasteiger partial charge in [0.2, 0.25) is 10.0 Å². The van der Waals surface area contributed by atoms with Crippen LogP contribution in [0.15, 0.2) is 71.7 Å². The number of sulfonamides is 1. The van der Waals surface area contributed by atoms with Crippen LogP contribution in [0.3, 0.4) is 0 Å². The maximum atomic E-state index is 14.7. The molecule has 2 aliphatic rings. The zero-order valence-corrected chi connectivity index (χ0v) is 29.0. The molecule has 2 heterocycles. The predicted molar refractivity (Wildman–Crippen MR) is 180 cm³/mol. The maximum Gasteiger partial charge on any atom is 0.416 e. The molecule has 48 heavy (non-hydrogen) atoms. The summed E-state index contributed by atoms with van der Waals surface area (Å²) >= 11 is 12.4. The minimum Gasteiger partial charge on any atom is -0.493 e. The van der Waals surface area contributed by atoms with Crippen LogP contribution in [0.1, 0.15) is 41.3 Å². The van der Waals surface area contributed by atoms with Crippen molar-refractivity contribution in [2.24, 2.45) is 4.99 Å². The van der Waals surface area contributed by atoms with Crippen LogP contribution in [-0.4, -0.2) is 98.5 Å². The highest BCUT2D eigenvalue weighted by Crippen LogP contribution is 2.46. The first-order chi connectivity index (χ1) is 22.7. The number of carbonyl (C=O) groups is 1. The lowest BCUT2D eigenvalue weighted by molar-refractivity contribution is -0.137. The molecule has 0 bridgehead atoms. The molecule has 2 aliphatic heterocycles. The van der Waals surface area contributed by atoms with Gasteiger partial charge >= 0.3 is 12.2 Å². The minimum absolute atomic E-state index is 0.0492. The molecule has 3 aromatic rings. The number of alkyl halides is 3. The van der Waals surface area contributed by atoms with Crippen molar-refractivity contribution in [2.75, 3.05) is 59.2 Å². The second-order valence-corrected chi connectivity index (χ2v) is 14.8. The molecule has 3 aromatic carbocycles. The highest BCUT2D eigenvalue weighted by Gasteiger charge is 2.45. The van der Waals surface area contributed by atoms with Crippen molar-refractivity contribution < 1.29 is 31.1 Å². The number of benzene rings is 3. The van der Waals surface area contributed by atoms with E-state index < -0.39 is 39.9 Å². The third kappa shape index (κ3) is 7.92. The Balaban J connectivity index is 1.56. The van der Waals surface area contributed by atoms with Crippen molar-refractivity contribution in [1.29, 1.82) is 0 Å². The second kappa shape index (κ2) is 14.6. The van der Waals surface area contributed by atoms with Gasteiger partial charge in [0, 0.05) is 56.9 Å². The first-order valence-corrected chi connectivity index (χ1v) is 17.7. The lowest BCUT2D eigenvalue weighted by Gasteiger charge is -2.39. The standard InChI is InChI=1S/C33H36Cl2F3N5O4S/c1-4-47-28-21-24(33(36,37)38)9-14-27(28)31-39-29(22-5-10-25(34)11-6-22)30(23-7-12-26(35)13-8-23)43(31)32(44)42-17-15-41(16-18-42)19-20-48(45,46)40(2)3/h5-14,21,29-30H,4,15-20H2,1-3H3. The fourth-order valence-electron chi connectivity index (χ4n) is 5.75. The third-order valence-corrected chi connectivity index (χ3v) is 10.7. The summed E-state index contributed by atoms with van der Waals surface area (Å²) in [5, 5.41) is 1.00. The van der Waals surface area contributed by atoms with E-state index in [1.165, 1.54) is 29.4 Å². The van der Waals surface area contributed by atoms with E-state index in [0.29, 0.717) is 48.3 Å². The van der Waals surface area contributed by atoms with Crippen LogP contribution in [0, 0.1) is 0 Å². The summed E-state index contributed by atoms with van der Waals surface area (Å²) in [4.78, 5) is 24.9. The van der Waals surface area contributed by atoms with Gasteiger partial charge in [-0.1, -0.05) is 47.5 Å². The van der Waals surface area contributed by atoms with E-state index in [4.69, 9.17) is 32.9 Å². The van der Waals surface area contributed by atoms with Crippen molar-refractivity contribution in [2.45, 2.75) is 25.2 Å². The van der Waals surface area contributed by atoms with Crippen molar-refractivity contribution >= 4 is 45.1 Å². The number of halogens is 5. The number of amides is 2. The van der Waals surface area contributed by atoms with Gasteiger partial charge in [-0.15, -0.1) is 0 Å². The monoisotopic (exact) mass is 725 g/mol. The fourth-order valence-corrected chi connectivity index (χ4v) is 6.86. The van der Waals surface area contributed by atoms with Crippen molar-refractivity contribution in [1.82, 2.24) is 19.0 Å². The summed E-state index contributed by atoms with van der Waals surface area (Å²) in [5.41, 5.74) is 0.802. The van der Waals surface area contributed by atoms with Gasteiger partial charge < -0.3 is 9.64 Å². The first-order valence-electron chi connectivity index (χ1n) is 15.3. The Morgan fingerprint density at radius 2 is 1.52 bits per heavy atom. The minimum atomic E-state index is -4.61. The molecule has 2 unspecified atom stereocenters. The average molecular weight is 727 g/mol. The molecule has 1 fully saturated rings. The summed E-state index contributed by atoms with van der Waals surface area (Å²) in [6.45, 7) is 3.54. The van der Waals surface area contributed by atoms with E-state index in [1.807, 2.05) is 17.0 Å². The lowest BCUT2D eigenvalue weighted by Crippen LogP contribution is -2.54. The number of urea groups is 1. The van der Waals surface area contributed by atoms with Crippen molar-refractivity contribution in [3.05, 3.63) is 99.0 Å². The molecule has 1 saturated heterocycles. The van der Waals surface area contributed by atoms with Gasteiger partial charge in [-0.05, 0) is 60.5 Å². The van der Waals surface area contributed by atoms with Crippen molar-refractivity contribution in [3.63, 3.8) is 0 Å². The SMILES string of the molecule is CCOc1cc(C(F)(F)F)ccc1C1=NC(c2ccc(Cl)cc2)C(c2ccc(Cl)cc2)N1C(=O)N1CCN(CCS(=O)(=O)N(C)C)CC1. The molecule has 258 valence electrons. The second-order valence-electron chi connectivity index (χ2n) is 11.7. The van der Waals surface area contributed by atoms with E-state index in [9.17, 15) is 26.4 Å². The predicted octanol–water partition coefficient (Wildman–Crippen LogP) is 6.58. The lowest BCUT2D eigenvalue weighted by atomic mass is 9.93. The van der Waals surface area contributed by atoms with E-state index >= 15 is 0 Å². The Morgan fingerprint density at radius 3 is 2.06 bits per heavy atom. The zero-order chi connectivity index (χ0) is 34.8. The van der Waals surface area contributed by atoms with Crippen molar-refractivity contribution in [3.8, 4) is 5.75 Å². The molecule has 2 amide bonds. The number of hydrogen-bond donors (Lipinski definition) is 0. The molecule has 0 spiro atoms. The quantitative estimate of drug-likeness (QED) is 0.249. The van der Waals surface area contributed by atoms with Gasteiger partial charge in [-0.25, -0.2) is 17.5 Å². The Kier molecular flexibility index (Phi) is 11.0. The van der Waals surface area contributed by atoms with Crippen LogP contribution in [0.2, 0.25) is 10.0 Å². The Bertz CT molecular complexity index is 1750. The van der Waals surface area contributed by atoms with Gasteiger partial charge in [0.1, 0.15) is 17.6 Å². The van der Waals surface area contributed by atoms with Gasteiger partial charge in [-0.2, -0.15) is 13.2 Å². The smallest absolute Gasteiger partial charge is 0.416 e. The van der Waals surface area contributed by atoms with E-state index in [0.717, 1.165) is 17.7 Å². The highest BCUT2D eigenvalue weighted by atomic mass is 35.5. The van der Waals surface area contributed by atoms with Crippen LogP contribution in [0.4, 0.5) is 18.0 Å². The van der Waals surface area contributed by atoms with Crippen LogP contribution in [-0.2, 0) is 16.2 Å². The van der Waals surface area contributed by atoms with Crippen LogP contribution < -0.4 is 4.74 Å². The Hall–Kier alpha value is -3.36. The summed E-state index contributed by atoms with van der Waals surface area (Å²) in [6, 6.07) is 15.5. The molecule has 0 aromatic heterocycles. The summed E-state index contributed by atoms with van der Waals surface area (Å²) in [6.07, 6.45) is -4.61. The van der Waals surface area contributed by atoms with Gasteiger partial charge in [0.15, 0.2) is 0 Å². The van der Waals surface area contributed by atoms with Gasteiger partial charge in [0.05, 0.1) is 29.5 Å². The van der Waals surface area contributed by atoms with E-state index in [2.05, 4.69) is 0 Å². The number of nitrogens with zero attached hydrogens (tertiary/aromatic N) is 5. The summed E-state index contributed by atoms with van der Waals surface area (Å²) in [5.74, 6) is 0.0610. The number of aliphatic imine (C=N–C) groups is 1. The Morgan fingerprint density at radius 1 is 0.938 bits per heavy atom. The highest BCUT2D eigenvalue weighted by molar-refractivity contribution is 7.89. The molecule has 0 saturated carbocycles. The molecule has 2 atom stereocenters. The molecular formula is C33H36Cl2F3N5O4S. The maximum absolute atomic E-state index is 14.7. The molecule has 15 heteroatoms. The first kappa shape index (κ1) is 35.9. The number of amidine groups is 1. The van der Waals surface area contributed by atoms with Crippen LogP contribution >= 0.6 is 23.2 Å². The van der Waals surface area contributed by atoms with Gasteiger partial charge in [-0.3, -0.25) is 14.8 Å². The molecule has 0 radical (unpaired) electrons. The molecule has 5 rings (SSSR count). The van der Waals surface area contributed by atoms with Gasteiger partial charge in [0.25, 0.3) is 0 Å². The zero-order valence-electron chi connectivity index (χ0n) is 26.6. The normalized spacial score (nSPS) is 19.1. The summed E-state index contributed by atoms with van der Waals surface area (Å²) < 4.78 is 72.9. The number of rotatable bonds is 9. The topological polar surface area (TPSA) is 85.8 Å². The largest absolute Gasteiger partial charge is 0.493 e. The molecule has 9 nitrogen and oxygen atoms in total. The molecular weight excluding hydrogens is 690 g/mol. The van der Waals surface area contributed by atoms with Crippen LogP contribution in [0.5, 0.6) is 5.75 Å².